The van der Waals surface area contributed by atoms with Gasteiger partial charge in [0.2, 0.25) is 5.78 Å². The SMILES string of the molecule is Cn1c(-c2ccccc2)c(C(=O)COC(=O)C=Cc2ccc(Br)o2)c2ccccc21. The summed E-state index contributed by atoms with van der Waals surface area (Å²) >= 11 is 3.20. The van der Waals surface area contributed by atoms with E-state index in [1.54, 1.807) is 12.1 Å². The molecule has 4 aromatic rings. The molecule has 0 bridgehead atoms. The Morgan fingerprint density at radius 1 is 1.03 bits per heavy atom. The van der Waals surface area contributed by atoms with Crippen LogP contribution in [0.1, 0.15) is 16.1 Å². The zero-order valence-electron chi connectivity index (χ0n) is 16.2. The number of esters is 1. The fraction of sp³-hybridized carbons (Fsp3) is 0.0833. The molecule has 2 aromatic carbocycles. The predicted octanol–water partition coefficient (Wildman–Crippen LogP) is 5.64. The number of nitrogens with zero attached hydrogens (tertiary/aromatic N) is 1. The van der Waals surface area contributed by atoms with E-state index in [4.69, 9.17) is 9.15 Å². The van der Waals surface area contributed by atoms with E-state index in [1.165, 1.54) is 12.2 Å². The Bertz CT molecular complexity index is 1250. The van der Waals surface area contributed by atoms with Gasteiger partial charge in [-0.3, -0.25) is 4.79 Å². The Morgan fingerprint density at radius 3 is 2.50 bits per heavy atom. The first-order valence-corrected chi connectivity index (χ1v) is 10.1. The number of hydrogen-bond acceptors (Lipinski definition) is 4. The number of halogens is 1. The lowest BCUT2D eigenvalue weighted by Gasteiger charge is -2.08. The van der Waals surface area contributed by atoms with Gasteiger partial charge in [0.1, 0.15) is 5.76 Å². The van der Waals surface area contributed by atoms with Gasteiger partial charge in [-0.1, -0.05) is 48.5 Å². The number of Topliss-reactive ketones (excluding diaryl/α,β-unsaturated/α-hetero) is 1. The average Bonchev–Trinajstić information content (AvgIpc) is 3.32. The van der Waals surface area contributed by atoms with Crippen LogP contribution in [0.25, 0.3) is 28.2 Å². The lowest BCUT2D eigenvalue weighted by atomic mass is 10.0. The van der Waals surface area contributed by atoms with Gasteiger partial charge in [-0.15, -0.1) is 0 Å². The van der Waals surface area contributed by atoms with Gasteiger partial charge in [-0.05, 0) is 45.8 Å². The van der Waals surface area contributed by atoms with Crippen LogP contribution in [0.2, 0.25) is 0 Å². The van der Waals surface area contributed by atoms with E-state index in [0.717, 1.165) is 22.2 Å². The minimum Gasteiger partial charge on any atom is -0.454 e. The Kier molecular flexibility index (Phi) is 5.68. The van der Waals surface area contributed by atoms with Gasteiger partial charge in [-0.25, -0.2) is 4.79 Å². The summed E-state index contributed by atoms with van der Waals surface area (Å²) in [6.07, 6.45) is 2.73. The second kappa shape index (κ2) is 8.55. The molecule has 2 aromatic heterocycles. The lowest BCUT2D eigenvalue weighted by Crippen LogP contribution is -2.13. The zero-order valence-corrected chi connectivity index (χ0v) is 17.8. The topological polar surface area (TPSA) is 61.4 Å². The van der Waals surface area contributed by atoms with Crippen LogP contribution in [-0.4, -0.2) is 22.9 Å². The second-order valence-electron chi connectivity index (χ2n) is 6.67. The maximum Gasteiger partial charge on any atom is 0.331 e. The minimum absolute atomic E-state index is 0.256. The quantitative estimate of drug-likeness (QED) is 0.211. The number of hydrogen-bond donors (Lipinski definition) is 0. The summed E-state index contributed by atoms with van der Waals surface area (Å²) in [6.45, 7) is -0.348. The molecule has 0 spiro atoms. The molecule has 0 aliphatic rings. The van der Waals surface area contributed by atoms with Crippen LogP contribution < -0.4 is 0 Å². The van der Waals surface area contributed by atoms with E-state index >= 15 is 0 Å². The number of ketones is 1. The molecule has 0 unspecified atom stereocenters. The van der Waals surface area contributed by atoms with Crippen molar-refractivity contribution < 1.29 is 18.7 Å². The number of rotatable bonds is 6. The van der Waals surface area contributed by atoms with Crippen LogP contribution in [0, 0.1) is 0 Å². The summed E-state index contributed by atoms with van der Waals surface area (Å²) in [5, 5.41) is 0.830. The Morgan fingerprint density at radius 2 is 1.77 bits per heavy atom. The van der Waals surface area contributed by atoms with Gasteiger partial charge in [0.25, 0.3) is 0 Å². The van der Waals surface area contributed by atoms with Crippen molar-refractivity contribution in [1.29, 1.82) is 0 Å². The first kappa shape index (κ1) is 19.9. The number of furan rings is 1. The monoisotopic (exact) mass is 463 g/mol. The summed E-state index contributed by atoms with van der Waals surface area (Å²) in [7, 11) is 1.93. The van der Waals surface area contributed by atoms with Crippen molar-refractivity contribution in [3.8, 4) is 11.3 Å². The number of benzene rings is 2. The number of aryl methyl sites for hydroxylation is 1. The van der Waals surface area contributed by atoms with Crippen molar-refractivity contribution in [2.24, 2.45) is 7.05 Å². The molecule has 0 aliphatic heterocycles. The maximum absolute atomic E-state index is 13.1. The molecule has 4 rings (SSSR count). The molecule has 0 fully saturated rings. The zero-order chi connectivity index (χ0) is 21.1. The number of fused-ring (bicyclic) bond motifs is 1. The van der Waals surface area contributed by atoms with Gasteiger partial charge >= 0.3 is 5.97 Å². The highest BCUT2D eigenvalue weighted by molar-refractivity contribution is 9.10. The Labute approximate surface area is 181 Å². The molecule has 0 atom stereocenters. The van der Waals surface area contributed by atoms with Crippen LogP contribution in [0.4, 0.5) is 0 Å². The Hall–Kier alpha value is -3.38. The molecule has 5 nitrogen and oxygen atoms in total. The first-order chi connectivity index (χ1) is 14.5. The number of para-hydroxylation sites is 1. The van der Waals surface area contributed by atoms with E-state index < -0.39 is 5.97 Å². The van der Waals surface area contributed by atoms with Gasteiger partial charge in [0, 0.05) is 24.0 Å². The predicted molar refractivity (Wildman–Crippen MR) is 119 cm³/mol. The molecule has 0 aliphatic carbocycles. The van der Waals surface area contributed by atoms with Crippen LogP contribution >= 0.6 is 15.9 Å². The second-order valence-corrected chi connectivity index (χ2v) is 7.45. The van der Waals surface area contributed by atoms with Crippen molar-refractivity contribution in [1.82, 2.24) is 4.57 Å². The van der Waals surface area contributed by atoms with E-state index in [-0.39, 0.29) is 12.4 Å². The van der Waals surface area contributed by atoms with Crippen LogP contribution in [-0.2, 0) is 16.6 Å². The summed E-state index contributed by atoms with van der Waals surface area (Å²) < 4.78 is 13.1. The number of aromatic nitrogens is 1. The lowest BCUT2D eigenvalue weighted by molar-refractivity contribution is -0.136. The highest BCUT2D eigenvalue weighted by atomic mass is 79.9. The smallest absolute Gasteiger partial charge is 0.331 e. The molecule has 6 heteroatoms. The first-order valence-electron chi connectivity index (χ1n) is 9.31. The van der Waals surface area contributed by atoms with E-state index in [9.17, 15) is 9.59 Å². The molecule has 30 heavy (non-hydrogen) atoms. The third-order valence-electron chi connectivity index (χ3n) is 4.76. The van der Waals surface area contributed by atoms with Crippen LogP contribution in [0.15, 0.2) is 81.9 Å². The average molecular weight is 464 g/mol. The normalized spacial score (nSPS) is 11.3. The van der Waals surface area contributed by atoms with Crippen molar-refractivity contribution >= 4 is 44.7 Å². The third-order valence-corrected chi connectivity index (χ3v) is 5.18. The van der Waals surface area contributed by atoms with E-state index in [0.29, 0.717) is 16.0 Å². The molecular weight excluding hydrogens is 446 g/mol. The largest absolute Gasteiger partial charge is 0.454 e. The number of carbonyl (C=O) groups excluding carboxylic acids is 2. The van der Waals surface area contributed by atoms with Gasteiger partial charge < -0.3 is 13.7 Å². The van der Waals surface area contributed by atoms with Crippen molar-refractivity contribution in [3.63, 3.8) is 0 Å². The molecule has 150 valence electrons. The van der Waals surface area contributed by atoms with Crippen molar-refractivity contribution in [2.45, 2.75) is 0 Å². The molecule has 0 amide bonds. The van der Waals surface area contributed by atoms with Crippen LogP contribution in [0.5, 0.6) is 0 Å². The number of ether oxygens (including phenoxy) is 1. The van der Waals surface area contributed by atoms with Gasteiger partial charge in [0.15, 0.2) is 11.3 Å². The molecule has 2 heterocycles. The van der Waals surface area contributed by atoms with E-state index in [2.05, 4.69) is 15.9 Å². The minimum atomic E-state index is -0.614. The fourth-order valence-electron chi connectivity index (χ4n) is 3.43. The van der Waals surface area contributed by atoms with E-state index in [1.807, 2.05) is 66.2 Å². The third kappa shape index (κ3) is 4.00. The van der Waals surface area contributed by atoms with Crippen LogP contribution in [0.3, 0.4) is 0 Å². The highest BCUT2D eigenvalue weighted by Gasteiger charge is 2.22. The Balaban J connectivity index is 1.60. The van der Waals surface area contributed by atoms with Gasteiger partial charge in [-0.2, -0.15) is 0 Å². The highest BCUT2D eigenvalue weighted by Crippen LogP contribution is 2.33. The molecule has 0 saturated heterocycles. The molecule has 0 saturated carbocycles. The summed E-state index contributed by atoms with van der Waals surface area (Å²) in [5.41, 5.74) is 3.21. The van der Waals surface area contributed by atoms with Gasteiger partial charge in [0.05, 0.1) is 11.3 Å². The summed E-state index contributed by atoms with van der Waals surface area (Å²) in [6, 6.07) is 20.8. The molecule has 0 N–H and O–H groups in total. The molecule has 0 radical (unpaired) electrons. The maximum atomic E-state index is 13.1. The summed E-state index contributed by atoms with van der Waals surface area (Å²) in [5.74, 6) is -0.365. The standard InChI is InChI=1S/C24H18BrNO4/c1-26-19-10-6-5-9-18(19)23(24(26)16-7-3-2-4-8-16)20(27)15-29-22(28)14-12-17-11-13-21(25)30-17/h2-14H,15H2,1H3. The molecular formula is C24H18BrNO4. The van der Waals surface area contributed by atoms with Crippen molar-refractivity contribution in [2.75, 3.05) is 6.61 Å². The van der Waals surface area contributed by atoms with Crippen molar-refractivity contribution in [3.05, 3.63) is 88.8 Å². The number of carbonyl (C=O) groups is 2. The summed E-state index contributed by atoms with van der Waals surface area (Å²) in [4.78, 5) is 25.2. The fourth-order valence-corrected chi connectivity index (χ4v) is 3.75.